The minimum absolute atomic E-state index is 0.0475. The van der Waals surface area contributed by atoms with E-state index in [-0.39, 0.29) is 22.9 Å². The fourth-order valence-electron chi connectivity index (χ4n) is 2.16. The van der Waals surface area contributed by atoms with E-state index in [2.05, 4.69) is 19.9 Å². The zero-order valence-electron chi connectivity index (χ0n) is 13.7. The number of halogens is 1. The number of methoxy groups -OCH3 is 1. The number of nitrogens with one attached hydrogen (secondary N) is 1. The van der Waals surface area contributed by atoms with Crippen LogP contribution in [0.5, 0.6) is 5.75 Å². The zero-order chi connectivity index (χ0) is 18.6. The largest absolute Gasteiger partial charge is 0.495 e. The molecular weight excluding hydrogens is 380 g/mol. The molecule has 0 spiro atoms. The number of aromatic nitrogens is 3. The van der Waals surface area contributed by atoms with Gasteiger partial charge in [-0.15, -0.1) is 10.2 Å². The van der Waals surface area contributed by atoms with Crippen molar-refractivity contribution in [3.63, 3.8) is 0 Å². The third-order valence-electron chi connectivity index (χ3n) is 3.46. The molecule has 0 aliphatic carbocycles. The Kier molecular flexibility index (Phi) is 5.50. The quantitative estimate of drug-likeness (QED) is 0.655. The van der Waals surface area contributed by atoms with Crippen LogP contribution in [-0.2, 0) is 16.4 Å². The van der Waals surface area contributed by atoms with Crippen LogP contribution in [-0.4, -0.2) is 37.3 Å². The number of ether oxygens (including phenoxy) is 1. The highest BCUT2D eigenvalue weighted by molar-refractivity contribution is 7.89. The number of hydrogen-bond acceptors (Lipinski definition) is 7. The van der Waals surface area contributed by atoms with Crippen LogP contribution in [0.15, 0.2) is 52.0 Å². The highest BCUT2D eigenvalue weighted by Crippen LogP contribution is 2.26. The lowest BCUT2D eigenvalue weighted by Crippen LogP contribution is -2.26. The Bertz CT molecular complexity index is 992. The van der Waals surface area contributed by atoms with Crippen LogP contribution in [0.1, 0.15) is 5.89 Å². The highest BCUT2D eigenvalue weighted by Gasteiger charge is 2.16. The Morgan fingerprint density at radius 2 is 1.96 bits per heavy atom. The van der Waals surface area contributed by atoms with Crippen molar-refractivity contribution >= 4 is 21.6 Å². The zero-order valence-corrected chi connectivity index (χ0v) is 15.3. The molecule has 0 aliphatic heterocycles. The number of nitrogens with zero attached hydrogens (tertiary/aromatic N) is 3. The first-order valence-corrected chi connectivity index (χ1v) is 9.42. The van der Waals surface area contributed by atoms with Gasteiger partial charge in [0.25, 0.3) is 0 Å². The van der Waals surface area contributed by atoms with E-state index < -0.39 is 10.0 Å². The van der Waals surface area contributed by atoms with Crippen molar-refractivity contribution in [2.24, 2.45) is 0 Å². The lowest BCUT2D eigenvalue weighted by atomic mass is 10.3. The van der Waals surface area contributed by atoms with Gasteiger partial charge in [0.05, 0.1) is 17.0 Å². The number of rotatable bonds is 7. The predicted octanol–water partition coefficient (Wildman–Crippen LogP) is 2.31. The number of hydrogen-bond donors (Lipinski definition) is 1. The highest BCUT2D eigenvalue weighted by atomic mass is 35.5. The van der Waals surface area contributed by atoms with Crippen LogP contribution in [0.4, 0.5) is 0 Å². The van der Waals surface area contributed by atoms with Gasteiger partial charge in [-0.3, -0.25) is 4.98 Å². The maximum Gasteiger partial charge on any atom is 0.247 e. The third-order valence-corrected chi connectivity index (χ3v) is 5.21. The van der Waals surface area contributed by atoms with Crippen molar-refractivity contribution in [1.82, 2.24) is 19.9 Å². The summed E-state index contributed by atoms with van der Waals surface area (Å²) in [4.78, 5) is 3.96. The normalized spacial score (nSPS) is 11.5. The van der Waals surface area contributed by atoms with E-state index in [0.29, 0.717) is 17.5 Å². The van der Waals surface area contributed by atoms with Crippen LogP contribution in [0.3, 0.4) is 0 Å². The first kappa shape index (κ1) is 18.3. The summed E-state index contributed by atoms with van der Waals surface area (Å²) in [5.74, 6) is 1.08. The molecular formula is C16H15ClN4O4S. The molecule has 3 rings (SSSR count). The standard InChI is InChI=1S/C16H15ClN4O4S/c1-24-14-3-2-12(10-13(14)17)26(22,23)19-9-6-15-20-21-16(25-15)11-4-7-18-8-5-11/h2-5,7-8,10,19H,6,9H2,1H3. The van der Waals surface area contributed by atoms with E-state index >= 15 is 0 Å². The Balaban J connectivity index is 1.62. The van der Waals surface area contributed by atoms with Crippen molar-refractivity contribution in [3.05, 3.63) is 53.6 Å². The first-order chi connectivity index (χ1) is 12.5. The van der Waals surface area contributed by atoms with Crippen molar-refractivity contribution in [2.75, 3.05) is 13.7 Å². The number of sulfonamides is 1. The molecule has 0 atom stereocenters. The van der Waals surface area contributed by atoms with Gasteiger partial charge in [0, 0.05) is 30.9 Å². The second-order valence-corrected chi connectivity index (χ2v) is 7.36. The van der Waals surface area contributed by atoms with Gasteiger partial charge in [-0.05, 0) is 30.3 Å². The molecule has 2 heterocycles. The molecule has 26 heavy (non-hydrogen) atoms. The predicted molar refractivity (Wildman–Crippen MR) is 94.4 cm³/mol. The van der Waals surface area contributed by atoms with E-state index in [4.69, 9.17) is 20.8 Å². The molecule has 10 heteroatoms. The average Bonchev–Trinajstić information content (AvgIpc) is 3.11. The minimum Gasteiger partial charge on any atom is -0.495 e. The Morgan fingerprint density at radius 1 is 1.19 bits per heavy atom. The van der Waals surface area contributed by atoms with Crippen LogP contribution < -0.4 is 9.46 Å². The summed E-state index contributed by atoms with van der Waals surface area (Å²) in [5.41, 5.74) is 0.743. The summed E-state index contributed by atoms with van der Waals surface area (Å²) in [6.45, 7) is 0.101. The maximum absolute atomic E-state index is 12.3. The number of pyridine rings is 1. The number of benzene rings is 1. The van der Waals surface area contributed by atoms with Gasteiger partial charge in [-0.1, -0.05) is 11.6 Å². The van der Waals surface area contributed by atoms with Gasteiger partial charge in [0.15, 0.2) is 0 Å². The molecule has 136 valence electrons. The molecule has 0 fully saturated rings. The van der Waals surface area contributed by atoms with Crippen molar-refractivity contribution in [1.29, 1.82) is 0 Å². The second-order valence-electron chi connectivity index (χ2n) is 5.18. The average molecular weight is 395 g/mol. The summed E-state index contributed by atoms with van der Waals surface area (Å²) < 4.78 is 37.6. The van der Waals surface area contributed by atoms with E-state index in [0.717, 1.165) is 5.56 Å². The lowest BCUT2D eigenvalue weighted by Gasteiger charge is -2.08. The SMILES string of the molecule is COc1ccc(S(=O)(=O)NCCc2nnc(-c3ccncc3)o2)cc1Cl. The van der Waals surface area contributed by atoms with E-state index in [1.807, 2.05) is 0 Å². The summed E-state index contributed by atoms with van der Waals surface area (Å²) >= 11 is 5.97. The lowest BCUT2D eigenvalue weighted by molar-refractivity contribution is 0.414. The third kappa shape index (κ3) is 4.18. The van der Waals surface area contributed by atoms with Gasteiger partial charge in [-0.25, -0.2) is 13.1 Å². The van der Waals surface area contributed by atoms with Gasteiger partial charge in [-0.2, -0.15) is 0 Å². The molecule has 0 amide bonds. The molecule has 3 aromatic rings. The molecule has 0 unspecified atom stereocenters. The van der Waals surface area contributed by atoms with Crippen LogP contribution in [0.2, 0.25) is 5.02 Å². The molecule has 0 bridgehead atoms. The molecule has 1 N–H and O–H groups in total. The molecule has 0 saturated heterocycles. The fourth-order valence-corrected chi connectivity index (χ4v) is 3.54. The summed E-state index contributed by atoms with van der Waals surface area (Å²) in [6.07, 6.45) is 3.49. The van der Waals surface area contributed by atoms with Gasteiger partial charge < -0.3 is 9.15 Å². The van der Waals surface area contributed by atoms with Gasteiger partial charge in [0.1, 0.15) is 5.75 Å². The van der Waals surface area contributed by atoms with Gasteiger partial charge in [0.2, 0.25) is 21.8 Å². The molecule has 8 nitrogen and oxygen atoms in total. The van der Waals surface area contributed by atoms with Gasteiger partial charge >= 0.3 is 0 Å². The Labute approximate surface area is 155 Å². The summed E-state index contributed by atoms with van der Waals surface area (Å²) in [7, 11) is -2.25. The summed E-state index contributed by atoms with van der Waals surface area (Å²) in [6, 6.07) is 7.73. The summed E-state index contributed by atoms with van der Waals surface area (Å²) in [5, 5.41) is 8.07. The van der Waals surface area contributed by atoms with Crippen molar-refractivity contribution < 1.29 is 17.6 Å². The minimum atomic E-state index is -3.71. The second kappa shape index (κ2) is 7.81. The molecule has 0 radical (unpaired) electrons. The van der Waals surface area contributed by atoms with Crippen LogP contribution >= 0.6 is 11.6 Å². The van der Waals surface area contributed by atoms with E-state index in [1.165, 1.54) is 25.3 Å². The van der Waals surface area contributed by atoms with Crippen LogP contribution in [0.25, 0.3) is 11.5 Å². The Hall–Kier alpha value is -2.49. The monoisotopic (exact) mass is 394 g/mol. The topological polar surface area (TPSA) is 107 Å². The van der Waals surface area contributed by atoms with Crippen molar-refractivity contribution in [3.8, 4) is 17.2 Å². The molecule has 2 aromatic heterocycles. The molecule has 0 aliphatic rings. The smallest absolute Gasteiger partial charge is 0.247 e. The fraction of sp³-hybridized carbons (Fsp3) is 0.188. The van der Waals surface area contributed by atoms with Crippen molar-refractivity contribution in [2.45, 2.75) is 11.3 Å². The Morgan fingerprint density at radius 3 is 2.65 bits per heavy atom. The maximum atomic E-state index is 12.3. The van der Waals surface area contributed by atoms with E-state index in [1.54, 1.807) is 24.5 Å². The van der Waals surface area contributed by atoms with E-state index in [9.17, 15) is 8.42 Å². The van der Waals surface area contributed by atoms with Crippen LogP contribution in [0, 0.1) is 0 Å². The molecule has 0 saturated carbocycles. The molecule has 1 aromatic carbocycles. The first-order valence-electron chi connectivity index (χ1n) is 7.55.